The third-order valence-corrected chi connectivity index (χ3v) is 5.19. The van der Waals surface area contributed by atoms with Crippen LogP contribution in [0.25, 0.3) is 0 Å². The first-order chi connectivity index (χ1) is 9.75. The second-order valence-electron chi connectivity index (χ2n) is 8.52. The maximum atomic E-state index is 6.01. The van der Waals surface area contributed by atoms with Crippen LogP contribution in [-0.4, -0.2) is 34.8 Å². The standard InChI is InChI=1S/C14H31N3O2Si3/c1-20(2,3)17-13-12(11-18-21(4,5)6)10-15-14(16-13)19-22(7,8)9/h10H,11H2,1-9H3,(H,15,16,17). The van der Waals surface area contributed by atoms with Gasteiger partial charge in [-0.25, -0.2) is 4.98 Å². The highest BCUT2D eigenvalue weighted by molar-refractivity contribution is 6.79. The van der Waals surface area contributed by atoms with Crippen LogP contribution in [0.3, 0.4) is 0 Å². The lowest BCUT2D eigenvalue weighted by atomic mass is 10.3. The number of nitrogens with one attached hydrogen (secondary N) is 1. The van der Waals surface area contributed by atoms with E-state index >= 15 is 0 Å². The summed E-state index contributed by atoms with van der Waals surface area (Å²) >= 11 is 0. The van der Waals surface area contributed by atoms with Crippen molar-refractivity contribution in [1.29, 1.82) is 0 Å². The van der Waals surface area contributed by atoms with Gasteiger partial charge in [-0.15, -0.1) is 0 Å². The molecule has 0 saturated heterocycles. The molecule has 0 aliphatic carbocycles. The number of rotatable bonds is 7. The summed E-state index contributed by atoms with van der Waals surface area (Å²) < 4.78 is 11.9. The van der Waals surface area contributed by atoms with Gasteiger partial charge in [0.25, 0.3) is 0 Å². The van der Waals surface area contributed by atoms with Gasteiger partial charge >= 0.3 is 6.01 Å². The summed E-state index contributed by atoms with van der Waals surface area (Å²) in [5.74, 6) is 0.862. The molecule has 0 aliphatic heterocycles. The average molecular weight is 358 g/mol. The van der Waals surface area contributed by atoms with Crippen molar-refractivity contribution in [3.63, 3.8) is 0 Å². The molecule has 0 fully saturated rings. The fourth-order valence-electron chi connectivity index (χ4n) is 1.58. The fraction of sp³-hybridized carbons (Fsp3) is 0.714. The van der Waals surface area contributed by atoms with Crippen LogP contribution in [0.4, 0.5) is 5.82 Å². The van der Waals surface area contributed by atoms with Crippen LogP contribution in [0.2, 0.25) is 58.9 Å². The number of hydrogen-bond acceptors (Lipinski definition) is 5. The third kappa shape index (κ3) is 8.06. The topological polar surface area (TPSA) is 56.3 Å². The molecule has 1 heterocycles. The van der Waals surface area contributed by atoms with Crippen molar-refractivity contribution < 1.29 is 8.85 Å². The molecule has 22 heavy (non-hydrogen) atoms. The number of nitrogens with zero attached hydrogens (tertiary/aromatic N) is 2. The van der Waals surface area contributed by atoms with Gasteiger partial charge in [0.2, 0.25) is 8.32 Å². The highest BCUT2D eigenvalue weighted by Gasteiger charge is 2.22. The van der Waals surface area contributed by atoms with Crippen LogP contribution in [0, 0.1) is 0 Å². The summed E-state index contributed by atoms with van der Waals surface area (Å²) in [7, 11) is -4.80. The van der Waals surface area contributed by atoms with Gasteiger partial charge in [0.15, 0.2) is 8.32 Å². The summed E-state index contributed by atoms with van der Waals surface area (Å²) in [6.45, 7) is 20.2. The van der Waals surface area contributed by atoms with Crippen LogP contribution in [-0.2, 0) is 11.0 Å². The van der Waals surface area contributed by atoms with E-state index in [1.165, 1.54) is 0 Å². The summed E-state index contributed by atoms with van der Waals surface area (Å²) in [5.41, 5.74) is 1.01. The predicted molar refractivity (Wildman–Crippen MR) is 101 cm³/mol. The Morgan fingerprint density at radius 3 is 2.00 bits per heavy atom. The minimum Gasteiger partial charge on any atom is -0.518 e. The molecule has 0 bridgehead atoms. The molecular weight excluding hydrogens is 326 g/mol. The van der Waals surface area contributed by atoms with Gasteiger partial charge in [0, 0.05) is 11.8 Å². The lowest BCUT2D eigenvalue weighted by Crippen LogP contribution is -2.34. The molecule has 126 valence electrons. The predicted octanol–water partition coefficient (Wildman–Crippen LogP) is 4.29. The van der Waals surface area contributed by atoms with Gasteiger partial charge < -0.3 is 13.8 Å². The first-order valence-corrected chi connectivity index (χ1v) is 18.0. The quantitative estimate of drug-likeness (QED) is 0.738. The summed E-state index contributed by atoms with van der Waals surface area (Å²) in [4.78, 5) is 12.5. The Labute approximate surface area is 138 Å². The smallest absolute Gasteiger partial charge is 0.304 e. The number of hydrogen-bond donors (Lipinski definition) is 1. The van der Waals surface area contributed by atoms with Crippen molar-refractivity contribution in [3.8, 4) is 6.01 Å². The van der Waals surface area contributed by atoms with E-state index in [2.05, 4.69) is 73.9 Å². The highest BCUT2D eigenvalue weighted by Crippen LogP contribution is 2.22. The molecule has 0 amide bonds. The molecule has 1 N–H and O–H groups in total. The Bertz CT molecular complexity index is 506. The lowest BCUT2D eigenvalue weighted by molar-refractivity contribution is 0.299. The summed E-state index contributed by atoms with van der Waals surface area (Å²) in [5, 5.41) is 0. The molecule has 1 rings (SSSR count). The fourth-order valence-corrected chi connectivity index (χ4v) is 3.74. The zero-order valence-corrected chi connectivity index (χ0v) is 18.5. The Morgan fingerprint density at radius 1 is 0.955 bits per heavy atom. The third-order valence-electron chi connectivity index (χ3n) is 2.39. The van der Waals surface area contributed by atoms with Gasteiger partial charge in [-0.1, -0.05) is 19.6 Å². The minimum atomic E-state index is -1.71. The van der Waals surface area contributed by atoms with Crippen molar-refractivity contribution >= 4 is 30.7 Å². The van der Waals surface area contributed by atoms with E-state index in [1.54, 1.807) is 0 Å². The maximum Gasteiger partial charge on any atom is 0.304 e. The molecular formula is C14H31N3O2Si3. The molecule has 0 unspecified atom stereocenters. The maximum absolute atomic E-state index is 6.01. The van der Waals surface area contributed by atoms with E-state index in [0.717, 1.165) is 11.4 Å². The first-order valence-electron chi connectivity index (χ1n) is 7.72. The van der Waals surface area contributed by atoms with Gasteiger partial charge in [-0.05, 0) is 39.3 Å². The molecule has 0 atom stereocenters. The summed E-state index contributed by atoms with van der Waals surface area (Å²) in [6, 6.07) is 0.469. The van der Waals surface area contributed by atoms with E-state index in [4.69, 9.17) is 8.85 Å². The molecule has 8 heteroatoms. The first kappa shape index (κ1) is 19.3. The van der Waals surface area contributed by atoms with E-state index in [0.29, 0.717) is 12.6 Å². The summed E-state index contributed by atoms with van der Waals surface area (Å²) in [6.07, 6.45) is 1.84. The van der Waals surface area contributed by atoms with Crippen LogP contribution < -0.4 is 9.41 Å². The van der Waals surface area contributed by atoms with E-state index in [9.17, 15) is 0 Å². The Kier molecular flexibility index (Phi) is 5.99. The van der Waals surface area contributed by atoms with Crippen LogP contribution >= 0.6 is 0 Å². The molecule has 0 aromatic carbocycles. The molecule has 0 saturated carbocycles. The molecule has 1 aromatic rings. The normalized spacial score (nSPS) is 13.1. The second kappa shape index (κ2) is 6.81. The number of anilines is 1. The van der Waals surface area contributed by atoms with Crippen molar-refractivity contribution in [3.05, 3.63) is 11.8 Å². The van der Waals surface area contributed by atoms with Crippen molar-refractivity contribution in [2.45, 2.75) is 65.5 Å². The van der Waals surface area contributed by atoms with E-state index in [-0.39, 0.29) is 0 Å². The highest BCUT2D eigenvalue weighted by atomic mass is 28.4. The van der Waals surface area contributed by atoms with Gasteiger partial charge in [-0.2, -0.15) is 4.98 Å². The Balaban J connectivity index is 3.04. The van der Waals surface area contributed by atoms with Gasteiger partial charge in [-0.3, -0.25) is 0 Å². The second-order valence-corrected chi connectivity index (χ2v) is 22.2. The van der Waals surface area contributed by atoms with Crippen LogP contribution in [0.5, 0.6) is 6.01 Å². The van der Waals surface area contributed by atoms with Crippen molar-refractivity contribution in [2.75, 3.05) is 4.98 Å². The SMILES string of the molecule is C[Si](C)(C)Nc1nc(O[Si](C)(C)C)ncc1CO[Si](C)(C)C. The average Bonchev–Trinajstić information content (AvgIpc) is 2.22. The van der Waals surface area contributed by atoms with Crippen molar-refractivity contribution in [1.82, 2.24) is 9.97 Å². The van der Waals surface area contributed by atoms with Gasteiger partial charge in [0.1, 0.15) is 14.1 Å². The lowest BCUT2D eigenvalue weighted by Gasteiger charge is -2.24. The molecule has 1 aromatic heterocycles. The molecule has 0 spiro atoms. The Morgan fingerprint density at radius 2 is 1.55 bits per heavy atom. The van der Waals surface area contributed by atoms with Crippen molar-refractivity contribution in [2.24, 2.45) is 0 Å². The minimum absolute atomic E-state index is 0.469. The zero-order chi connectivity index (χ0) is 17.2. The molecule has 0 radical (unpaired) electrons. The monoisotopic (exact) mass is 357 g/mol. The number of aromatic nitrogens is 2. The van der Waals surface area contributed by atoms with E-state index < -0.39 is 24.9 Å². The Hall–Kier alpha value is -0.709. The van der Waals surface area contributed by atoms with Crippen LogP contribution in [0.15, 0.2) is 6.20 Å². The molecule has 0 aliphatic rings. The van der Waals surface area contributed by atoms with Crippen LogP contribution in [0.1, 0.15) is 5.56 Å². The zero-order valence-electron chi connectivity index (χ0n) is 15.5. The van der Waals surface area contributed by atoms with E-state index in [1.807, 2.05) is 6.20 Å². The molecule has 5 nitrogen and oxygen atoms in total. The van der Waals surface area contributed by atoms with Gasteiger partial charge in [0.05, 0.1) is 6.61 Å². The largest absolute Gasteiger partial charge is 0.518 e.